The Morgan fingerprint density at radius 2 is 1.17 bits per heavy atom. The van der Waals surface area contributed by atoms with Gasteiger partial charge in [-0.15, -0.1) is 0 Å². The van der Waals surface area contributed by atoms with Crippen LogP contribution in [0.15, 0.2) is 133 Å². The second-order valence-corrected chi connectivity index (χ2v) is 11.7. The first-order chi connectivity index (χ1) is 20.6. The first-order valence-electron chi connectivity index (χ1n) is 14.4. The lowest BCUT2D eigenvalue weighted by Gasteiger charge is -2.27. The van der Waals surface area contributed by atoms with Crippen molar-refractivity contribution < 1.29 is 0 Å². The Balaban J connectivity index is 1.38. The van der Waals surface area contributed by atoms with Crippen LogP contribution in [0.25, 0.3) is 43.4 Å². The fraction of sp³-hybridized carbons (Fsp3) is 0.0750. The minimum Gasteiger partial charge on any atom is -0.310 e. The molecule has 0 heterocycles. The van der Waals surface area contributed by atoms with E-state index in [0.29, 0.717) is 5.56 Å². The molecule has 0 aliphatic heterocycles. The molecule has 7 aromatic rings. The number of hydrogen-bond donors (Lipinski definition) is 0. The van der Waals surface area contributed by atoms with Gasteiger partial charge in [-0.1, -0.05) is 105 Å². The number of hydrogen-bond acceptors (Lipinski definition) is 2. The molecule has 8 rings (SSSR count). The third-order valence-corrected chi connectivity index (χ3v) is 8.96. The number of nitrogens with zero attached hydrogens (tertiary/aromatic N) is 2. The van der Waals surface area contributed by atoms with Gasteiger partial charge in [0.2, 0.25) is 0 Å². The number of para-hydroxylation sites is 1. The molecule has 0 aromatic heterocycles. The third-order valence-electron chi connectivity index (χ3n) is 8.96. The molecule has 0 radical (unpaired) electrons. The van der Waals surface area contributed by atoms with Crippen LogP contribution < -0.4 is 4.90 Å². The van der Waals surface area contributed by atoms with Crippen molar-refractivity contribution in [3.05, 3.63) is 150 Å². The lowest BCUT2D eigenvalue weighted by atomic mass is 9.78. The van der Waals surface area contributed by atoms with Gasteiger partial charge in [-0.05, 0) is 97.0 Å². The normalized spacial score (nSPS) is 13.2. The molecular weight excluding hydrogens is 508 g/mol. The highest BCUT2D eigenvalue weighted by molar-refractivity contribution is 6.19. The van der Waals surface area contributed by atoms with Gasteiger partial charge in [-0.2, -0.15) is 5.26 Å². The van der Waals surface area contributed by atoms with E-state index in [1.54, 1.807) is 0 Å². The van der Waals surface area contributed by atoms with Crippen molar-refractivity contribution in [2.45, 2.75) is 19.3 Å². The second kappa shape index (κ2) is 9.06. The predicted octanol–water partition coefficient (Wildman–Crippen LogP) is 10.8. The second-order valence-electron chi connectivity index (χ2n) is 11.7. The molecule has 0 spiro atoms. The summed E-state index contributed by atoms with van der Waals surface area (Å²) in [7, 11) is 0. The predicted molar refractivity (Wildman–Crippen MR) is 176 cm³/mol. The van der Waals surface area contributed by atoms with Gasteiger partial charge in [0.1, 0.15) is 0 Å². The van der Waals surface area contributed by atoms with E-state index in [1.807, 2.05) is 24.3 Å². The minimum absolute atomic E-state index is 0.171. The van der Waals surface area contributed by atoms with Crippen molar-refractivity contribution in [2.75, 3.05) is 4.90 Å². The van der Waals surface area contributed by atoms with Crippen LogP contribution in [0.2, 0.25) is 0 Å². The zero-order chi connectivity index (χ0) is 28.4. The molecule has 198 valence electrons. The maximum atomic E-state index is 9.60. The molecule has 42 heavy (non-hydrogen) atoms. The molecule has 0 unspecified atom stereocenters. The summed E-state index contributed by atoms with van der Waals surface area (Å²) in [4.78, 5) is 2.23. The summed E-state index contributed by atoms with van der Waals surface area (Å²) in [6.07, 6.45) is 0. The quantitative estimate of drug-likeness (QED) is 0.210. The van der Waals surface area contributed by atoms with Gasteiger partial charge in [0.05, 0.1) is 11.6 Å². The summed E-state index contributed by atoms with van der Waals surface area (Å²) in [5.74, 6) is 0. The molecule has 1 aliphatic rings. The SMILES string of the molecule is CC1(C)c2c(ccc3cc(N(c4ccccc4)c4cccc(C#N)c4)ccc23)-c2c1c1ccccc1c1ccccc21. The highest BCUT2D eigenvalue weighted by Crippen LogP contribution is 2.56. The fourth-order valence-corrected chi connectivity index (χ4v) is 7.27. The van der Waals surface area contributed by atoms with E-state index in [4.69, 9.17) is 0 Å². The number of nitriles is 1. The Labute approximate surface area is 245 Å². The van der Waals surface area contributed by atoms with Crippen molar-refractivity contribution in [3.63, 3.8) is 0 Å². The summed E-state index contributed by atoms with van der Waals surface area (Å²) < 4.78 is 0. The van der Waals surface area contributed by atoms with Crippen molar-refractivity contribution in [2.24, 2.45) is 0 Å². The van der Waals surface area contributed by atoms with Crippen molar-refractivity contribution in [3.8, 4) is 17.2 Å². The summed E-state index contributed by atoms with van der Waals surface area (Å²) in [5, 5.41) is 17.4. The maximum absolute atomic E-state index is 9.60. The zero-order valence-corrected chi connectivity index (χ0v) is 23.6. The van der Waals surface area contributed by atoms with Gasteiger partial charge in [0.15, 0.2) is 0 Å². The summed E-state index contributed by atoms with van der Waals surface area (Å²) in [5.41, 5.74) is 9.07. The van der Waals surface area contributed by atoms with Crippen LogP contribution in [0, 0.1) is 11.3 Å². The summed E-state index contributed by atoms with van der Waals surface area (Å²) >= 11 is 0. The van der Waals surface area contributed by atoms with Crippen LogP contribution in [0.1, 0.15) is 30.5 Å². The summed E-state index contributed by atoms with van der Waals surface area (Å²) in [6.45, 7) is 4.77. The average molecular weight is 537 g/mol. The molecule has 0 amide bonds. The molecular formula is C40H28N2. The minimum atomic E-state index is -0.171. The molecule has 0 atom stereocenters. The summed E-state index contributed by atoms with van der Waals surface area (Å²) in [6, 6.07) is 49.6. The van der Waals surface area contributed by atoms with Gasteiger partial charge >= 0.3 is 0 Å². The van der Waals surface area contributed by atoms with E-state index in [0.717, 1.165) is 17.1 Å². The molecule has 0 bridgehead atoms. The number of anilines is 3. The largest absolute Gasteiger partial charge is 0.310 e. The monoisotopic (exact) mass is 536 g/mol. The highest BCUT2D eigenvalue weighted by Gasteiger charge is 2.39. The third kappa shape index (κ3) is 3.44. The standard InChI is InChI=1S/C40H28N2/c1-40(2)38-31-22-20-30(42(28-12-4-3-5-13-28)29-14-10-11-26(23-29)25-41)24-27(31)19-21-36(38)37-34-17-8-6-15-32(34)33-16-7-9-18-35(33)39(37)40/h3-24H,1-2H3. The van der Waals surface area contributed by atoms with Gasteiger partial charge in [0, 0.05) is 22.5 Å². The Hall–Kier alpha value is -5.39. The van der Waals surface area contributed by atoms with E-state index in [2.05, 4.69) is 134 Å². The Morgan fingerprint density at radius 1 is 0.524 bits per heavy atom. The Morgan fingerprint density at radius 3 is 1.93 bits per heavy atom. The van der Waals surface area contributed by atoms with E-state index in [9.17, 15) is 5.26 Å². The van der Waals surface area contributed by atoms with E-state index in [-0.39, 0.29) is 5.41 Å². The van der Waals surface area contributed by atoms with E-state index in [1.165, 1.54) is 54.6 Å². The van der Waals surface area contributed by atoms with Crippen LogP contribution in [0.3, 0.4) is 0 Å². The van der Waals surface area contributed by atoms with Crippen LogP contribution >= 0.6 is 0 Å². The first kappa shape index (κ1) is 24.4. The van der Waals surface area contributed by atoms with Gasteiger partial charge in [-0.25, -0.2) is 0 Å². The molecule has 1 aliphatic carbocycles. The number of rotatable bonds is 3. The van der Waals surface area contributed by atoms with Gasteiger partial charge in [-0.3, -0.25) is 0 Å². The molecule has 0 N–H and O–H groups in total. The molecule has 0 saturated carbocycles. The van der Waals surface area contributed by atoms with E-state index < -0.39 is 0 Å². The van der Waals surface area contributed by atoms with Crippen LogP contribution in [-0.2, 0) is 5.41 Å². The molecule has 2 nitrogen and oxygen atoms in total. The molecule has 7 aromatic carbocycles. The molecule has 0 fully saturated rings. The van der Waals surface area contributed by atoms with Crippen molar-refractivity contribution >= 4 is 49.4 Å². The van der Waals surface area contributed by atoms with Crippen molar-refractivity contribution in [1.82, 2.24) is 0 Å². The smallest absolute Gasteiger partial charge is 0.0992 e. The Kier molecular flexibility index (Phi) is 5.27. The molecule has 2 heteroatoms. The zero-order valence-electron chi connectivity index (χ0n) is 23.6. The first-order valence-corrected chi connectivity index (χ1v) is 14.4. The molecule has 0 saturated heterocycles. The van der Waals surface area contributed by atoms with Crippen LogP contribution in [0.5, 0.6) is 0 Å². The lowest BCUT2D eigenvalue weighted by Crippen LogP contribution is -2.16. The van der Waals surface area contributed by atoms with E-state index >= 15 is 0 Å². The topological polar surface area (TPSA) is 27.0 Å². The van der Waals surface area contributed by atoms with Crippen LogP contribution in [-0.4, -0.2) is 0 Å². The maximum Gasteiger partial charge on any atom is 0.0992 e. The van der Waals surface area contributed by atoms with Crippen molar-refractivity contribution in [1.29, 1.82) is 5.26 Å². The fourth-order valence-electron chi connectivity index (χ4n) is 7.27. The lowest BCUT2D eigenvalue weighted by molar-refractivity contribution is 0.672. The number of fused-ring (bicyclic) bond motifs is 10. The Bertz CT molecular complexity index is 2240. The average Bonchev–Trinajstić information content (AvgIpc) is 3.29. The van der Waals surface area contributed by atoms with Crippen LogP contribution in [0.4, 0.5) is 17.1 Å². The van der Waals surface area contributed by atoms with Gasteiger partial charge in [0.25, 0.3) is 0 Å². The highest BCUT2D eigenvalue weighted by atomic mass is 15.1. The number of benzene rings is 7. The van der Waals surface area contributed by atoms with Gasteiger partial charge < -0.3 is 4.90 Å².